The minimum absolute atomic E-state index is 0.150. The fraction of sp³-hybridized carbons (Fsp3) is 0.526. The van der Waals surface area contributed by atoms with E-state index in [1.54, 1.807) is 0 Å². The molecule has 0 spiro atoms. The third-order valence-corrected chi connectivity index (χ3v) is 5.17. The Kier molecular flexibility index (Phi) is 6.21. The number of nitrogens with zero attached hydrogens (tertiary/aromatic N) is 3. The number of benzene rings is 1. The average Bonchev–Trinajstić information content (AvgIpc) is 3.28. The van der Waals surface area contributed by atoms with Crippen molar-refractivity contribution in [2.24, 2.45) is 5.92 Å². The number of nitrogens with one attached hydrogen (secondary N) is 1. The second kappa shape index (κ2) is 8.60. The number of aryl methyl sites for hydroxylation is 1. The Labute approximate surface area is 159 Å². The maximum atomic E-state index is 12.7. The van der Waals surface area contributed by atoms with Crippen LogP contribution in [0.3, 0.4) is 0 Å². The van der Waals surface area contributed by atoms with Gasteiger partial charge in [-0.15, -0.1) is 0 Å². The van der Waals surface area contributed by atoms with Gasteiger partial charge in [0.1, 0.15) is 0 Å². The molecule has 26 heavy (non-hydrogen) atoms. The minimum Gasteiger partial charge on any atom is -0.381 e. The van der Waals surface area contributed by atoms with Gasteiger partial charge in [-0.3, -0.25) is 14.5 Å². The summed E-state index contributed by atoms with van der Waals surface area (Å²) in [5.74, 6) is 1.38. The number of hydrogen-bond donors (Lipinski definition) is 1. The normalized spacial score (nSPS) is 16.8. The first-order valence-corrected chi connectivity index (χ1v) is 9.57. The molecule has 0 aliphatic carbocycles. The summed E-state index contributed by atoms with van der Waals surface area (Å²) < 4.78 is 7.87. The van der Waals surface area contributed by atoms with Crippen LogP contribution in [0.1, 0.15) is 25.3 Å². The van der Waals surface area contributed by atoms with Crippen LogP contribution in [0.2, 0.25) is 0 Å². The van der Waals surface area contributed by atoms with Crippen LogP contribution in [0.25, 0.3) is 11.4 Å². The SMILES string of the molecule is CCN(CC1CCOC1)C(=O)CCn1c(-c2ccc(C)cc2)n[nH]c1=S. The Morgan fingerprint density at radius 3 is 2.85 bits per heavy atom. The van der Waals surface area contributed by atoms with Crippen molar-refractivity contribution in [3.05, 3.63) is 34.6 Å². The second-order valence-electron chi connectivity index (χ2n) is 6.78. The van der Waals surface area contributed by atoms with Crippen molar-refractivity contribution in [2.45, 2.75) is 33.2 Å². The number of H-pyrrole nitrogens is 1. The van der Waals surface area contributed by atoms with Crippen LogP contribution in [-0.4, -0.2) is 51.9 Å². The molecule has 140 valence electrons. The van der Waals surface area contributed by atoms with E-state index in [4.69, 9.17) is 17.0 Å². The van der Waals surface area contributed by atoms with E-state index < -0.39 is 0 Å². The first kappa shape index (κ1) is 18.8. The van der Waals surface area contributed by atoms with E-state index in [0.717, 1.165) is 44.1 Å². The van der Waals surface area contributed by atoms with Gasteiger partial charge < -0.3 is 9.64 Å². The largest absolute Gasteiger partial charge is 0.381 e. The Morgan fingerprint density at radius 1 is 1.42 bits per heavy atom. The number of hydrogen-bond acceptors (Lipinski definition) is 4. The quantitative estimate of drug-likeness (QED) is 0.756. The van der Waals surface area contributed by atoms with Crippen LogP contribution < -0.4 is 0 Å². The first-order chi connectivity index (χ1) is 12.6. The number of aromatic amines is 1. The Balaban J connectivity index is 1.67. The third-order valence-electron chi connectivity index (χ3n) is 4.85. The molecule has 1 atom stereocenters. The maximum absolute atomic E-state index is 12.7. The highest BCUT2D eigenvalue weighted by Gasteiger charge is 2.21. The number of amides is 1. The summed E-state index contributed by atoms with van der Waals surface area (Å²) >= 11 is 5.36. The van der Waals surface area contributed by atoms with Crippen molar-refractivity contribution in [3.63, 3.8) is 0 Å². The van der Waals surface area contributed by atoms with E-state index in [1.165, 1.54) is 5.56 Å². The Bertz CT molecular complexity index is 791. The van der Waals surface area contributed by atoms with Crippen LogP contribution in [0.5, 0.6) is 0 Å². The van der Waals surface area contributed by atoms with Crippen LogP contribution in [-0.2, 0) is 16.1 Å². The van der Waals surface area contributed by atoms with E-state index in [1.807, 2.05) is 47.6 Å². The van der Waals surface area contributed by atoms with E-state index in [0.29, 0.717) is 23.7 Å². The molecular formula is C19H26N4O2S. The van der Waals surface area contributed by atoms with Gasteiger partial charge in [0.2, 0.25) is 5.91 Å². The summed E-state index contributed by atoms with van der Waals surface area (Å²) in [5.41, 5.74) is 2.19. The first-order valence-electron chi connectivity index (χ1n) is 9.16. The summed E-state index contributed by atoms with van der Waals surface area (Å²) in [5, 5.41) is 7.20. The fourth-order valence-corrected chi connectivity index (χ4v) is 3.48. The molecule has 2 heterocycles. The summed E-state index contributed by atoms with van der Waals surface area (Å²) in [6.45, 7) is 7.65. The highest BCUT2D eigenvalue weighted by Crippen LogP contribution is 2.19. The summed E-state index contributed by atoms with van der Waals surface area (Å²) in [6.07, 6.45) is 1.45. The van der Waals surface area contributed by atoms with Crippen LogP contribution >= 0.6 is 12.2 Å². The van der Waals surface area contributed by atoms with Gasteiger partial charge in [-0.2, -0.15) is 5.10 Å². The van der Waals surface area contributed by atoms with E-state index >= 15 is 0 Å². The summed E-state index contributed by atoms with van der Waals surface area (Å²) in [4.78, 5) is 14.6. The molecule has 1 aliphatic rings. The molecule has 6 nitrogen and oxygen atoms in total. The predicted molar refractivity (Wildman–Crippen MR) is 103 cm³/mol. The van der Waals surface area contributed by atoms with Gasteiger partial charge in [-0.1, -0.05) is 29.8 Å². The third kappa shape index (κ3) is 4.40. The van der Waals surface area contributed by atoms with E-state index in [9.17, 15) is 4.79 Å². The van der Waals surface area contributed by atoms with Gasteiger partial charge in [0, 0.05) is 44.1 Å². The topological polar surface area (TPSA) is 63.1 Å². The van der Waals surface area contributed by atoms with Crippen molar-refractivity contribution in [1.82, 2.24) is 19.7 Å². The molecule has 1 amide bonds. The molecule has 1 aromatic carbocycles. The molecule has 1 fully saturated rings. The van der Waals surface area contributed by atoms with Crippen molar-refractivity contribution in [3.8, 4) is 11.4 Å². The molecule has 1 aliphatic heterocycles. The lowest BCUT2D eigenvalue weighted by Gasteiger charge is -2.24. The molecule has 1 N–H and O–H groups in total. The van der Waals surface area contributed by atoms with Gasteiger partial charge in [0.25, 0.3) is 0 Å². The molecule has 1 aromatic heterocycles. The molecular weight excluding hydrogens is 348 g/mol. The average molecular weight is 375 g/mol. The number of carbonyl (C=O) groups is 1. The standard InChI is InChI=1S/C19H26N4O2S/c1-3-22(12-15-9-11-25-13-15)17(24)8-10-23-18(20-21-19(23)26)16-6-4-14(2)5-7-16/h4-7,15H,3,8-13H2,1-2H3,(H,21,26). The number of carbonyl (C=O) groups excluding carboxylic acids is 1. The second-order valence-corrected chi connectivity index (χ2v) is 7.17. The van der Waals surface area contributed by atoms with Crippen molar-refractivity contribution in [1.29, 1.82) is 0 Å². The molecule has 0 saturated carbocycles. The Hall–Kier alpha value is -1.99. The van der Waals surface area contributed by atoms with E-state index in [2.05, 4.69) is 10.2 Å². The zero-order chi connectivity index (χ0) is 18.5. The number of aromatic nitrogens is 3. The zero-order valence-electron chi connectivity index (χ0n) is 15.4. The summed E-state index contributed by atoms with van der Waals surface area (Å²) in [6, 6.07) is 8.14. The van der Waals surface area contributed by atoms with Crippen molar-refractivity contribution >= 4 is 18.1 Å². The maximum Gasteiger partial charge on any atom is 0.224 e. The van der Waals surface area contributed by atoms with Gasteiger partial charge in [-0.25, -0.2) is 0 Å². The van der Waals surface area contributed by atoms with Gasteiger partial charge in [0.15, 0.2) is 10.6 Å². The fourth-order valence-electron chi connectivity index (χ4n) is 3.26. The van der Waals surface area contributed by atoms with Crippen molar-refractivity contribution < 1.29 is 9.53 Å². The van der Waals surface area contributed by atoms with Gasteiger partial charge in [0.05, 0.1) is 6.61 Å². The lowest BCUT2D eigenvalue weighted by Crippen LogP contribution is -2.36. The minimum atomic E-state index is 0.150. The Morgan fingerprint density at radius 2 is 2.19 bits per heavy atom. The molecule has 7 heteroatoms. The van der Waals surface area contributed by atoms with Gasteiger partial charge >= 0.3 is 0 Å². The van der Waals surface area contributed by atoms with Crippen LogP contribution in [0, 0.1) is 17.6 Å². The highest BCUT2D eigenvalue weighted by atomic mass is 32.1. The van der Waals surface area contributed by atoms with Gasteiger partial charge in [-0.05, 0) is 32.5 Å². The molecule has 0 radical (unpaired) electrons. The molecule has 1 unspecified atom stereocenters. The van der Waals surface area contributed by atoms with E-state index in [-0.39, 0.29) is 5.91 Å². The zero-order valence-corrected chi connectivity index (χ0v) is 16.2. The molecule has 2 aromatic rings. The van der Waals surface area contributed by atoms with Crippen molar-refractivity contribution in [2.75, 3.05) is 26.3 Å². The lowest BCUT2D eigenvalue weighted by atomic mass is 10.1. The number of ether oxygens (including phenoxy) is 1. The van der Waals surface area contributed by atoms with Crippen LogP contribution in [0.15, 0.2) is 24.3 Å². The number of rotatable bonds is 7. The predicted octanol–water partition coefficient (Wildman–Crippen LogP) is 3.19. The summed E-state index contributed by atoms with van der Waals surface area (Å²) in [7, 11) is 0. The molecule has 3 rings (SSSR count). The lowest BCUT2D eigenvalue weighted by molar-refractivity contribution is -0.131. The highest BCUT2D eigenvalue weighted by molar-refractivity contribution is 7.71. The van der Waals surface area contributed by atoms with Crippen LogP contribution in [0.4, 0.5) is 0 Å². The monoisotopic (exact) mass is 374 g/mol. The smallest absolute Gasteiger partial charge is 0.224 e. The molecule has 1 saturated heterocycles. The molecule has 0 bridgehead atoms.